The minimum absolute atomic E-state index is 0.690. The fourth-order valence-corrected chi connectivity index (χ4v) is 3.53. The Bertz CT molecular complexity index is 162. The van der Waals surface area contributed by atoms with Crippen LogP contribution in [0.1, 0.15) is 39.0 Å². The van der Waals surface area contributed by atoms with Crippen LogP contribution in [0.2, 0.25) is 0 Å². The van der Waals surface area contributed by atoms with Crippen molar-refractivity contribution in [1.29, 1.82) is 0 Å². The van der Waals surface area contributed by atoms with Crippen molar-refractivity contribution in [2.45, 2.75) is 56.7 Å². The van der Waals surface area contributed by atoms with E-state index in [1.165, 1.54) is 32.1 Å². The van der Waals surface area contributed by atoms with Gasteiger partial charge in [0.25, 0.3) is 0 Å². The maximum atomic E-state index is 2.77. The summed E-state index contributed by atoms with van der Waals surface area (Å²) < 4.78 is 0. The molecule has 0 N–H and O–H groups in total. The van der Waals surface area contributed by atoms with Gasteiger partial charge in [-0.3, -0.25) is 4.90 Å². The molecule has 3 aliphatic heterocycles. The highest BCUT2D eigenvalue weighted by atomic mass is 15.4. The molecule has 2 unspecified atom stereocenters. The van der Waals surface area contributed by atoms with Gasteiger partial charge in [-0.25, -0.2) is 0 Å². The van der Waals surface area contributed by atoms with Crippen molar-refractivity contribution in [3.63, 3.8) is 0 Å². The van der Waals surface area contributed by atoms with E-state index < -0.39 is 0 Å². The van der Waals surface area contributed by atoms with E-state index in [0.717, 1.165) is 12.1 Å². The first-order valence-corrected chi connectivity index (χ1v) is 4.58. The van der Waals surface area contributed by atoms with Gasteiger partial charge in [-0.15, -0.1) is 0 Å². The van der Waals surface area contributed by atoms with Gasteiger partial charge in [0.15, 0.2) is 0 Å². The van der Waals surface area contributed by atoms with Crippen molar-refractivity contribution in [3.8, 4) is 0 Å². The monoisotopic (exact) mass is 137 g/mol. The number of nitrogens with zero attached hydrogens (tertiary/aromatic N) is 1. The van der Waals surface area contributed by atoms with Gasteiger partial charge in [0.05, 0.1) is 0 Å². The minimum Gasteiger partial charge on any atom is -0.292 e. The molecule has 10 heavy (non-hydrogen) atoms. The lowest BCUT2D eigenvalue weighted by molar-refractivity contribution is -0.208. The van der Waals surface area contributed by atoms with E-state index in [4.69, 9.17) is 0 Å². The molecule has 3 heterocycles. The molecule has 0 aromatic rings. The summed E-state index contributed by atoms with van der Waals surface area (Å²) in [5.41, 5.74) is 0.690. The van der Waals surface area contributed by atoms with Gasteiger partial charge in [-0.05, 0) is 32.6 Å². The summed E-state index contributed by atoms with van der Waals surface area (Å²) in [7, 11) is 0. The van der Waals surface area contributed by atoms with Gasteiger partial charge in [-0.2, -0.15) is 0 Å². The summed E-state index contributed by atoms with van der Waals surface area (Å²) in [6.07, 6.45) is 7.49. The summed E-state index contributed by atoms with van der Waals surface area (Å²) in [4.78, 5) is 2.77. The molecule has 0 amide bonds. The molecule has 3 rings (SSSR count). The fourth-order valence-electron chi connectivity index (χ4n) is 3.53. The van der Waals surface area contributed by atoms with E-state index in [0.29, 0.717) is 5.54 Å². The zero-order chi connectivity index (χ0) is 6.77. The number of hydrogen-bond acceptors (Lipinski definition) is 1. The van der Waals surface area contributed by atoms with Crippen LogP contribution in [0, 0.1) is 0 Å². The van der Waals surface area contributed by atoms with Crippen LogP contribution < -0.4 is 0 Å². The van der Waals surface area contributed by atoms with Crippen molar-refractivity contribution in [2.75, 3.05) is 0 Å². The quantitative estimate of drug-likeness (QED) is 0.492. The lowest BCUT2D eigenvalue weighted by atomic mass is 9.61. The van der Waals surface area contributed by atoms with Crippen molar-refractivity contribution >= 4 is 0 Å². The number of rotatable bonds is 0. The van der Waals surface area contributed by atoms with Crippen LogP contribution in [0.4, 0.5) is 0 Å². The van der Waals surface area contributed by atoms with Gasteiger partial charge in [0, 0.05) is 17.6 Å². The fraction of sp³-hybridized carbons (Fsp3) is 1.00. The predicted molar refractivity (Wildman–Crippen MR) is 40.9 cm³/mol. The van der Waals surface area contributed by atoms with Crippen LogP contribution >= 0.6 is 0 Å². The van der Waals surface area contributed by atoms with Crippen molar-refractivity contribution < 1.29 is 0 Å². The van der Waals surface area contributed by atoms with Crippen LogP contribution in [0.3, 0.4) is 0 Å². The van der Waals surface area contributed by atoms with Crippen LogP contribution in [0.15, 0.2) is 0 Å². The van der Waals surface area contributed by atoms with E-state index in [-0.39, 0.29) is 0 Å². The topological polar surface area (TPSA) is 3.24 Å². The summed E-state index contributed by atoms with van der Waals surface area (Å²) in [5, 5.41) is 0. The third kappa shape index (κ3) is 0.430. The molecule has 0 aromatic carbocycles. The molecule has 0 spiro atoms. The van der Waals surface area contributed by atoms with Crippen molar-refractivity contribution in [2.24, 2.45) is 0 Å². The van der Waals surface area contributed by atoms with Gasteiger partial charge in [-0.1, -0.05) is 6.42 Å². The highest BCUT2D eigenvalue weighted by molar-refractivity contribution is 5.16. The maximum absolute atomic E-state index is 2.77. The largest absolute Gasteiger partial charge is 0.292 e. The molecular weight excluding hydrogens is 122 g/mol. The standard InChI is InChI=1S/C9H15N/c1-9-5-7-3-2-4-8(6-9)10(7)9/h7-8H,2-6H2,1H3. The molecule has 3 saturated heterocycles. The van der Waals surface area contributed by atoms with E-state index in [1.54, 1.807) is 0 Å². The second kappa shape index (κ2) is 1.42. The Labute approximate surface area is 62.4 Å². The molecule has 2 atom stereocenters. The normalized spacial score (nSPS) is 58.5. The molecule has 0 aliphatic carbocycles. The molecule has 56 valence electrons. The highest BCUT2D eigenvalue weighted by Gasteiger charge is 2.60. The first kappa shape index (κ1) is 5.59. The Balaban J connectivity index is 1.86. The zero-order valence-corrected chi connectivity index (χ0v) is 6.64. The molecule has 1 heteroatoms. The Morgan fingerprint density at radius 3 is 2.20 bits per heavy atom. The van der Waals surface area contributed by atoms with Gasteiger partial charge < -0.3 is 0 Å². The molecule has 0 aromatic heterocycles. The number of piperidine rings is 2. The third-order valence-corrected chi connectivity index (χ3v) is 3.84. The van der Waals surface area contributed by atoms with Crippen LogP contribution in [-0.2, 0) is 0 Å². The summed E-state index contributed by atoms with van der Waals surface area (Å²) in [6, 6.07) is 2.02. The van der Waals surface area contributed by atoms with Gasteiger partial charge in [0.1, 0.15) is 0 Å². The first-order chi connectivity index (χ1) is 4.80. The van der Waals surface area contributed by atoms with E-state index in [9.17, 15) is 0 Å². The van der Waals surface area contributed by atoms with Crippen molar-refractivity contribution in [3.05, 3.63) is 0 Å². The average molecular weight is 137 g/mol. The first-order valence-electron chi connectivity index (χ1n) is 4.58. The van der Waals surface area contributed by atoms with E-state index in [2.05, 4.69) is 11.8 Å². The SMILES string of the molecule is CC12CC3CCCC(C1)N32. The molecule has 0 radical (unpaired) electrons. The van der Waals surface area contributed by atoms with Gasteiger partial charge in [0.2, 0.25) is 0 Å². The molecule has 3 aliphatic rings. The summed E-state index contributed by atoms with van der Waals surface area (Å²) in [6.45, 7) is 2.44. The molecule has 0 bridgehead atoms. The molecule has 3 fully saturated rings. The second-order valence-corrected chi connectivity index (χ2v) is 4.55. The van der Waals surface area contributed by atoms with Crippen LogP contribution in [-0.4, -0.2) is 22.5 Å². The Morgan fingerprint density at radius 1 is 1.20 bits per heavy atom. The van der Waals surface area contributed by atoms with E-state index >= 15 is 0 Å². The van der Waals surface area contributed by atoms with Crippen LogP contribution in [0.25, 0.3) is 0 Å². The third-order valence-electron chi connectivity index (χ3n) is 3.84. The average Bonchev–Trinajstić information content (AvgIpc) is 1.82. The zero-order valence-electron chi connectivity index (χ0n) is 6.64. The maximum Gasteiger partial charge on any atom is 0.0217 e. The lowest BCUT2D eigenvalue weighted by Gasteiger charge is -2.71. The second-order valence-electron chi connectivity index (χ2n) is 4.55. The predicted octanol–water partition coefficient (Wildman–Crippen LogP) is 1.78. The highest BCUT2D eigenvalue weighted by Crippen LogP contribution is 2.56. The van der Waals surface area contributed by atoms with Gasteiger partial charge >= 0.3 is 0 Å². The molecular formula is C9H15N. The Hall–Kier alpha value is -0.0400. The minimum atomic E-state index is 0.690. The summed E-state index contributed by atoms with van der Waals surface area (Å²) in [5.74, 6) is 0. The Kier molecular flexibility index (Phi) is 0.797. The summed E-state index contributed by atoms with van der Waals surface area (Å²) >= 11 is 0. The number of hydrogen-bond donors (Lipinski definition) is 0. The van der Waals surface area contributed by atoms with Crippen molar-refractivity contribution in [1.82, 2.24) is 4.90 Å². The lowest BCUT2D eigenvalue weighted by Crippen LogP contribution is -2.78. The Morgan fingerprint density at radius 2 is 1.80 bits per heavy atom. The molecule has 1 nitrogen and oxygen atoms in total. The molecule has 0 saturated carbocycles. The van der Waals surface area contributed by atoms with E-state index in [1.807, 2.05) is 0 Å². The smallest absolute Gasteiger partial charge is 0.0217 e. The van der Waals surface area contributed by atoms with Crippen LogP contribution in [0.5, 0.6) is 0 Å².